The van der Waals surface area contributed by atoms with Gasteiger partial charge in [0, 0.05) is 5.69 Å². The average Bonchev–Trinajstić information content (AvgIpc) is 1.82. The molecule has 0 unspecified atom stereocenters. The van der Waals surface area contributed by atoms with Crippen molar-refractivity contribution in [1.29, 1.82) is 0 Å². The highest BCUT2D eigenvalue weighted by Gasteiger charge is 2.03. The summed E-state index contributed by atoms with van der Waals surface area (Å²) in [5, 5.41) is 0.144. The lowest BCUT2D eigenvalue weighted by Gasteiger charge is -1.98. The summed E-state index contributed by atoms with van der Waals surface area (Å²) in [6.07, 6.45) is 0. The second-order valence-electron chi connectivity index (χ2n) is 2.14. The van der Waals surface area contributed by atoms with Gasteiger partial charge in [-0.15, -0.1) is 0 Å². The monoisotopic (exact) mass is 159 g/mol. The number of aryl methyl sites for hydroxylation is 2. The van der Waals surface area contributed by atoms with Gasteiger partial charge in [-0.25, -0.2) is 4.39 Å². The number of hydrogen-bond acceptors (Lipinski definition) is 1. The molecule has 0 N–H and O–H groups in total. The van der Waals surface area contributed by atoms with E-state index in [0.29, 0.717) is 5.69 Å². The van der Waals surface area contributed by atoms with Crippen LogP contribution in [0.4, 0.5) is 4.39 Å². The summed E-state index contributed by atoms with van der Waals surface area (Å²) in [5.41, 5.74) is 1.09. The fourth-order valence-corrected chi connectivity index (χ4v) is 1.06. The molecule has 0 bridgehead atoms. The van der Waals surface area contributed by atoms with Gasteiger partial charge in [0.2, 0.25) is 0 Å². The van der Waals surface area contributed by atoms with E-state index >= 15 is 0 Å². The zero-order valence-corrected chi connectivity index (χ0v) is 6.54. The van der Waals surface area contributed by atoms with Crippen molar-refractivity contribution >= 4 is 11.6 Å². The van der Waals surface area contributed by atoms with Gasteiger partial charge in [0.05, 0.1) is 10.7 Å². The third-order valence-electron chi connectivity index (χ3n) is 1.21. The number of aromatic nitrogens is 1. The highest BCUT2D eigenvalue weighted by Crippen LogP contribution is 2.16. The second-order valence-corrected chi connectivity index (χ2v) is 2.55. The average molecular weight is 160 g/mol. The first kappa shape index (κ1) is 7.48. The van der Waals surface area contributed by atoms with Crippen molar-refractivity contribution in [1.82, 2.24) is 4.98 Å². The third kappa shape index (κ3) is 1.27. The minimum absolute atomic E-state index is 0.144. The first-order valence-corrected chi connectivity index (χ1v) is 3.28. The molecule has 0 aliphatic rings. The molecule has 0 saturated carbocycles. The van der Waals surface area contributed by atoms with Crippen LogP contribution in [0, 0.1) is 19.7 Å². The van der Waals surface area contributed by atoms with E-state index in [0.717, 1.165) is 5.69 Å². The van der Waals surface area contributed by atoms with Crippen molar-refractivity contribution in [3.8, 4) is 0 Å². The fraction of sp³-hybridized carbons (Fsp3) is 0.286. The molecule has 0 fully saturated rings. The van der Waals surface area contributed by atoms with Crippen LogP contribution in [-0.4, -0.2) is 4.98 Å². The molecule has 1 heterocycles. The SMILES string of the molecule is Cc1cc(Cl)c(F)c(C)n1. The van der Waals surface area contributed by atoms with Crippen LogP contribution in [0.5, 0.6) is 0 Å². The summed E-state index contributed by atoms with van der Waals surface area (Å²) in [5.74, 6) is -0.424. The molecule has 1 aromatic rings. The van der Waals surface area contributed by atoms with Gasteiger partial charge >= 0.3 is 0 Å². The molecule has 0 spiro atoms. The number of pyridine rings is 1. The van der Waals surface area contributed by atoms with Gasteiger partial charge in [0.15, 0.2) is 5.82 Å². The summed E-state index contributed by atoms with van der Waals surface area (Å²) in [4.78, 5) is 3.87. The molecule has 0 atom stereocenters. The first-order chi connectivity index (χ1) is 4.61. The molecule has 1 rings (SSSR count). The Morgan fingerprint density at radius 1 is 1.50 bits per heavy atom. The van der Waals surface area contributed by atoms with Crippen LogP contribution in [-0.2, 0) is 0 Å². The van der Waals surface area contributed by atoms with E-state index in [2.05, 4.69) is 4.98 Å². The van der Waals surface area contributed by atoms with E-state index in [9.17, 15) is 4.39 Å². The highest BCUT2D eigenvalue weighted by molar-refractivity contribution is 6.30. The molecular formula is C7H7ClFN. The zero-order valence-electron chi connectivity index (χ0n) is 5.78. The number of nitrogens with zero attached hydrogens (tertiary/aromatic N) is 1. The van der Waals surface area contributed by atoms with Crippen LogP contribution in [0.1, 0.15) is 11.4 Å². The van der Waals surface area contributed by atoms with Gasteiger partial charge in [0.25, 0.3) is 0 Å². The number of hydrogen-bond donors (Lipinski definition) is 0. The van der Waals surface area contributed by atoms with Crippen molar-refractivity contribution < 1.29 is 4.39 Å². The molecule has 0 aliphatic carbocycles. The van der Waals surface area contributed by atoms with Gasteiger partial charge < -0.3 is 0 Å². The fourth-order valence-electron chi connectivity index (χ4n) is 0.765. The Labute approximate surface area is 63.8 Å². The van der Waals surface area contributed by atoms with E-state index in [1.807, 2.05) is 0 Å². The summed E-state index contributed by atoms with van der Waals surface area (Å²) in [7, 11) is 0. The largest absolute Gasteiger partial charge is 0.255 e. The summed E-state index contributed by atoms with van der Waals surface area (Å²) in [6, 6.07) is 1.50. The van der Waals surface area contributed by atoms with E-state index < -0.39 is 5.82 Å². The van der Waals surface area contributed by atoms with Gasteiger partial charge in [-0.2, -0.15) is 0 Å². The maximum absolute atomic E-state index is 12.7. The van der Waals surface area contributed by atoms with Crippen LogP contribution in [0.3, 0.4) is 0 Å². The Kier molecular flexibility index (Phi) is 1.90. The predicted molar refractivity (Wildman–Crippen MR) is 38.7 cm³/mol. The van der Waals surface area contributed by atoms with Crippen molar-refractivity contribution in [3.63, 3.8) is 0 Å². The topological polar surface area (TPSA) is 12.9 Å². The van der Waals surface area contributed by atoms with Crippen molar-refractivity contribution in [2.45, 2.75) is 13.8 Å². The van der Waals surface area contributed by atoms with Crippen LogP contribution in [0.25, 0.3) is 0 Å². The molecular weight excluding hydrogens is 153 g/mol. The van der Waals surface area contributed by atoms with Gasteiger partial charge in [-0.05, 0) is 19.9 Å². The molecule has 0 aliphatic heterocycles. The van der Waals surface area contributed by atoms with Crippen LogP contribution < -0.4 is 0 Å². The van der Waals surface area contributed by atoms with Crippen molar-refractivity contribution in [3.05, 3.63) is 28.3 Å². The third-order valence-corrected chi connectivity index (χ3v) is 1.48. The Morgan fingerprint density at radius 2 is 2.10 bits per heavy atom. The maximum atomic E-state index is 12.7. The van der Waals surface area contributed by atoms with E-state index in [1.54, 1.807) is 13.8 Å². The predicted octanol–water partition coefficient (Wildman–Crippen LogP) is 2.49. The molecule has 0 saturated heterocycles. The standard InChI is InChI=1S/C7H7ClFN/c1-4-3-6(8)7(9)5(2)10-4/h3H,1-2H3. The Morgan fingerprint density at radius 3 is 2.60 bits per heavy atom. The first-order valence-electron chi connectivity index (χ1n) is 2.90. The molecule has 0 amide bonds. The van der Waals surface area contributed by atoms with Crippen LogP contribution in [0.15, 0.2) is 6.07 Å². The smallest absolute Gasteiger partial charge is 0.162 e. The lowest BCUT2D eigenvalue weighted by Crippen LogP contribution is -1.91. The second kappa shape index (κ2) is 2.54. The van der Waals surface area contributed by atoms with Gasteiger partial charge in [-0.1, -0.05) is 11.6 Å². The lowest BCUT2D eigenvalue weighted by molar-refractivity contribution is 0.609. The minimum atomic E-state index is -0.424. The van der Waals surface area contributed by atoms with Gasteiger partial charge in [-0.3, -0.25) is 4.98 Å². The number of halogens is 2. The number of rotatable bonds is 0. The zero-order chi connectivity index (χ0) is 7.72. The van der Waals surface area contributed by atoms with E-state index in [1.165, 1.54) is 6.07 Å². The molecule has 54 valence electrons. The molecule has 0 radical (unpaired) electrons. The van der Waals surface area contributed by atoms with Crippen LogP contribution >= 0.6 is 11.6 Å². The minimum Gasteiger partial charge on any atom is -0.255 e. The Hall–Kier alpha value is -0.630. The van der Waals surface area contributed by atoms with Crippen LogP contribution in [0.2, 0.25) is 5.02 Å². The summed E-state index contributed by atoms with van der Waals surface area (Å²) < 4.78 is 12.7. The van der Waals surface area contributed by atoms with E-state index in [-0.39, 0.29) is 5.02 Å². The molecule has 1 aromatic heterocycles. The molecule has 10 heavy (non-hydrogen) atoms. The van der Waals surface area contributed by atoms with Crippen molar-refractivity contribution in [2.24, 2.45) is 0 Å². The molecule has 3 heteroatoms. The molecule has 1 nitrogen and oxygen atoms in total. The van der Waals surface area contributed by atoms with E-state index in [4.69, 9.17) is 11.6 Å². The Balaban J connectivity index is 3.31. The van der Waals surface area contributed by atoms with Gasteiger partial charge in [0.1, 0.15) is 0 Å². The van der Waals surface area contributed by atoms with Crippen molar-refractivity contribution in [2.75, 3.05) is 0 Å². The Bertz CT molecular complexity index is 237. The summed E-state index contributed by atoms with van der Waals surface area (Å²) >= 11 is 5.50. The highest BCUT2D eigenvalue weighted by atomic mass is 35.5. The molecule has 0 aromatic carbocycles. The lowest BCUT2D eigenvalue weighted by atomic mass is 10.3. The quantitative estimate of drug-likeness (QED) is 0.567. The summed E-state index contributed by atoms with van der Waals surface area (Å²) in [6.45, 7) is 3.37. The normalized spacial score (nSPS) is 10.0. The maximum Gasteiger partial charge on any atom is 0.162 e.